The number of rotatable bonds is 6. The van der Waals surface area contributed by atoms with Gasteiger partial charge in [-0.05, 0) is 25.7 Å². The van der Waals surface area contributed by atoms with E-state index in [0.29, 0.717) is 18.2 Å². The van der Waals surface area contributed by atoms with Gasteiger partial charge in [0, 0.05) is 23.6 Å². The van der Waals surface area contributed by atoms with Gasteiger partial charge in [-0.25, -0.2) is 9.97 Å². The van der Waals surface area contributed by atoms with Crippen molar-refractivity contribution in [3.05, 3.63) is 32.2 Å². The fraction of sp³-hybridized carbons (Fsp3) is 0.500. The quantitative estimate of drug-likeness (QED) is 0.888. The van der Waals surface area contributed by atoms with E-state index < -0.39 is 0 Å². The number of carbonyl (C=O) groups excluding carboxylic acids is 1. The molecular formula is C14H17N3O2S2. The number of hydrogen-bond donors (Lipinski definition) is 1. The first-order chi connectivity index (χ1) is 10.2. The van der Waals surface area contributed by atoms with E-state index in [1.807, 2.05) is 12.3 Å². The molecule has 0 radical (unpaired) electrons. The van der Waals surface area contributed by atoms with Crippen LogP contribution in [0.2, 0.25) is 0 Å². The lowest BCUT2D eigenvalue weighted by Gasteiger charge is -2.14. The van der Waals surface area contributed by atoms with E-state index in [2.05, 4.69) is 15.3 Å². The van der Waals surface area contributed by atoms with Crippen molar-refractivity contribution in [1.29, 1.82) is 0 Å². The van der Waals surface area contributed by atoms with E-state index >= 15 is 0 Å². The van der Waals surface area contributed by atoms with Crippen LogP contribution in [0.1, 0.15) is 45.1 Å². The summed E-state index contributed by atoms with van der Waals surface area (Å²) < 4.78 is 5.03. The first-order valence-electron chi connectivity index (χ1n) is 6.83. The summed E-state index contributed by atoms with van der Waals surface area (Å²) in [6.07, 6.45) is 2.30. The van der Waals surface area contributed by atoms with Crippen LogP contribution < -0.4 is 5.32 Å². The Bertz CT molecular complexity index is 634. The van der Waals surface area contributed by atoms with Crippen molar-refractivity contribution in [2.75, 3.05) is 7.11 Å². The maximum absolute atomic E-state index is 12.4. The minimum Gasteiger partial charge on any atom is -0.378 e. The number of amides is 1. The molecule has 21 heavy (non-hydrogen) atoms. The molecule has 0 unspecified atom stereocenters. The molecule has 1 saturated carbocycles. The van der Waals surface area contributed by atoms with Gasteiger partial charge in [0.1, 0.15) is 15.7 Å². The Morgan fingerprint density at radius 1 is 1.43 bits per heavy atom. The predicted molar refractivity (Wildman–Crippen MR) is 82.6 cm³/mol. The van der Waals surface area contributed by atoms with E-state index in [1.165, 1.54) is 11.3 Å². The van der Waals surface area contributed by atoms with Crippen molar-refractivity contribution in [3.8, 4) is 0 Å². The number of carbonyl (C=O) groups is 1. The van der Waals surface area contributed by atoms with Gasteiger partial charge in [-0.15, -0.1) is 22.7 Å². The van der Waals surface area contributed by atoms with Gasteiger partial charge in [-0.2, -0.15) is 0 Å². The van der Waals surface area contributed by atoms with Gasteiger partial charge in [-0.1, -0.05) is 0 Å². The first-order valence-corrected chi connectivity index (χ1v) is 8.59. The number of nitrogens with zero attached hydrogens (tertiary/aromatic N) is 2. The largest absolute Gasteiger partial charge is 0.378 e. The Balaban J connectivity index is 1.71. The number of methoxy groups -OCH3 is 1. The summed E-state index contributed by atoms with van der Waals surface area (Å²) in [6.45, 7) is 2.42. The minimum atomic E-state index is -0.127. The van der Waals surface area contributed by atoms with Gasteiger partial charge in [0.05, 0.1) is 12.6 Å². The molecule has 0 aliphatic heterocycles. The molecule has 2 heterocycles. The number of aryl methyl sites for hydroxylation is 1. The molecule has 1 N–H and O–H groups in total. The molecule has 2 aromatic heterocycles. The highest BCUT2D eigenvalue weighted by molar-refractivity contribution is 7.10. The summed E-state index contributed by atoms with van der Waals surface area (Å²) in [5.41, 5.74) is 1.47. The van der Waals surface area contributed by atoms with Crippen LogP contribution >= 0.6 is 22.7 Å². The summed E-state index contributed by atoms with van der Waals surface area (Å²) >= 11 is 3.06. The monoisotopic (exact) mass is 323 g/mol. The Labute approximate surface area is 131 Å². The molecule has 5 nitrogen and oxygen atoms in total. The highest BCUT2D eigenvalue weighted by Crippen LogP contribution is 2.42. The maximum atomic E-state index is 12.4. The summed E-state index contributed by atoms with van der Waals surface area (Å²) in [5, 5.41) is 8.71. The van der Waals surface area contributed by atoms with E-state index in [0.717, 1.165) is 28.6 Å². The molecule has 0 spiro atoms. The zero-order chi connectivity index (χ0) is 14.8. The van der Waals surface area contributed by atoms with Gasteiger partial charge in [-0.3, -0.25) is 4.79 Å². The molecule has 2 aromatic rings. The molecule has 0 saturated heterocycles. The van der Waals surface area contributed by atoms with Crippen LogP contribution in [0.5, 0.6) is 0 Å². The third-order valence-electron chi connectivity index (χ3n) is 3.34. The second-order valence-electron chi connectivity index (χ2n) is 5.18. The van der Waals surface area contributed by atoms with Crippen molar-refractivity contribution in [3.63, 3.8) is 0 Å². The van der Waals surface area contributed by atoms with Crippen LogP contribution in [0.15, 0.2) is 10.8 Å². The van der Waals surface area contributed by atoms with Crippen LogP contribution in [-0.4, -0.2) is 23.0 Å². The highest BCUT2D eigenvalue weighted by atomic mass is 32.1. The molecule has 1 fully saturated rings. The minimum absolute atomic E-state index is 0.0174. The maximum Gasteiger partial charge on any atom is 0.271 e. The Hall–Kier alpha value is -1.31. The molecule has 7 heteroatoms. The van der Waals surface area contributed by atoms with Gasteiger partial charge in [0.25, 0.3) is 5.91 Å². The number of aromatic nitrogens is 2. The predicted octanol–water partition coefficient (Wildman–Crippen LogP) is 2.94. The topological polar surface area (TPSA) is 64.1 Å². The SMILES string of the molecule is COCc1nc(C(=O)N[C@H](c2nc(C)cs2)C2CC2)cs1. The molecular weight excluding hydrogens is 306 g/mol. The Morgan fingerprint density at radius 2 is 2.24 bits per heavy atom. The summed E-state index contributed by atoms with van der Waals surface area (Å²) in [6, 6.07) is 0.0174. The molecule has 1 aliphatic rings. The average molecular weight is 323 g/mol. The fourth-order valence-electron chi connectivity index (χ4n) is 2.15. The fourth-order valence-corrected chi connectivity index (χ4v) is 3.83. The van der Waals surface area contributed by atoms with E-state index in [1.54, 1.807) is 23.8 Å². The highest BCUT2D eigenvalue weighted by Gasteiger charge is 2.35. The standard InChI is InChI=1S/C14H17N3O2S2/c1-8-6-21-14(15-8)12(9-3-4-9)17-13(18)10-7-20-11(16-10)5-19-2/h6-7,9,12H,3-5H2,1-2H3,(H,17,18)/t12-/m0/s1. The average Bonchev–Trinajstić information content (AvgIpc) is 3.04. The summed E-state index contributed by atoms with van der Waals surface area (Å²) in [7, 11) is 1.62. The van der Waals surface area contributed by atoms with E-state index in [9.17, 15) is 4.79 Å². The summed E-state index contributed by atoms with van der Waals surface area (Å²) in [4.78, 5) is 21.2. The van der Waals surface area contributed by atoms with Crippen molar-refractivity contribution in [2.45, 2.75) is 32.4 Å². The van der Waals surface area contributed by atoms with Crippen molar-refractivity contribution in [1.82, 2.24) is 15.3 Å². The zero-order valence-corrected chi connectivity index (χ0v) is 13.6. The van der Waals surface area contributed by atoms with Crippen LogP contribution in [-0.2, 0) is 11.3 Å². The van der Waals surface area contributed by atoms with Crippen molar-refractivity contribution < 1.29 is 9.53 Å². The number of ether oxygens (including phenoxy) is 1. The Morgan fingerprint density at radius 3 is 2.86 bits per heavy atom. The third-order valence-corrected chi connectivity index (χ3v) is 5.20. The second kappa shape index (κ2) is 6.21. The molecule has 1 atom stereocenters. The lowest BCUT2D eigenvalue weighted by Crippen LogP contribution is -2.30. The van der Waals surface area contributed by atoms with Crippen molar-refractivity contribution in [2.24, 2.45) is 5.92 Å². The molecule has 112 valence electrons. The normalized spacial score (nSPS) is 15.9. The number of nitrogens with one attached hydrogen (secondary N) is 1. The first kappa shape index (κ1) is 14.6. The van der Waals surface area contributed by atoms with Gasteiger partial charge >= 0.3 is 0 Å². The number of thiazole rings is 2. The van der Waals surface area contributed by atoms with Crippen LogP contribution in [0.4, 0.5) is 0 Å². The van der Waals surface area contributed by atoms with E-state index in [4.69, 9.17) is 4.74 Å². The zero-order valence-electron chi connectivity index (χ0n) is 12.0. The summed E-state index contributed by atoms with van der Waals surface area (Å²) in [5.74, 6) is 0.384. The van der Waals surface area contributed by atoms with Crippen LogP contribution in [0, 0.1) is 12.8 Å². The van der Waals surface area contributed by atoms with Crippen LogP contribution in [0.3, 0.4) is 0 Å². The Kier molecular flexibility index (Phi) is 4.32. The van der Waals surface area contributed by atoms with E-state index in [-0.39, 0.29) is 11.9 Å². The van der Waals surface area contributed by atoms with Crippen LogP contribution in [0.25, 0.3) is 0 Å². The lowest BCUT2D eigenvalue weighted by molar-refractivity contribution is 0.0926. The van der Waals surface area contributed by atoms with Gasteiger partial charge < -0.3 is 10.1 Å². The smallest absolute Gasteiger partial charge is 0.271 e. The van der Waals surface area contributed by atoms with Gasteiger partial charge in [0.15, 0.2) is 0 Å². The van der Waals surface area contributed by atoms with Gasteiger partial charge in [0.2, 0.25) is 0 Å². The molecule has 3 rings (SSSR count). The molecule has 1 aliphatic carbocycles. The molecule has 0 bridgehead atoms. The molecule has 0 aromatic carbocycles. The number of hydrogen-bond acceptors (Lipinski definition) is 6. The second-order valence-corrected chi connectivity index (χ2v) is 7.01. The third kappa shape index (κ3) is 3.48. The van der Waals surface area contributed by atoms with Crippen molar-refractivity contribution >= 4 is 28.6 Å². The lowest BCUT2D eigenvalue weighted by atomic mass is 10.2. The molecule has 1 amide bonds.